The predicted octanol–water partition coefficient (Wildman–Crippen LogP) is 1.54. The lowest BCUT2D eigenvalue weighted by molar-refractivity contribution is 0.0949. The minimum Gasteiger partial charge on any atom is -0.345 e. The molecule has 0 spiro atoms. The maximum atomic E-state index is 12.2. The van der Waals surface area contributed by atoms with Gasteiger partial charge in [0.1, 0.15) is 0 Å². The predicted molar refractivity (Wildman–Crippen MR) is 82.6 cm³/mol. The summed E-state index contributed by atoms with van der Waals surface area (Å²) in [5, 5.41) is 19.8. The van der Waals surface area contributed by atoms with Crippen LogP contribution in [0.4, 0.5) is 0 Å². The summed E-state index contributed by atoms with van der Waals surface area (Å²) < 4.78 is 1.80. The summed E-state index contributed by atoms with van der Waals surface area (Å²) in [5.74, 6) is 0.851. The molecule has 1 N–H and O–H groups in total. The zero-order valence-electron chi connectivity index (χ0n) is 12.7. The number of fused-ring (bicyclic) bond motifs is 1. The number of benzene rings is 1. The third-order valence-corrected chi connectivity index (χ3v) is 3.42. The van der Waals surface area contributed by atoms with Crippen LogP contribution in [0.15, 0.2) is 30.3 Å². The number of aryl methyl sites for hydroxylation is 2. The average molecular weight is 306 g/mol. The van der Waals surface area contributed by atoms with Gasteiger partial charge in [0.2, 0.25) is 0 Å². The molecule has 2 aromatic heterocycles. The van der Waals surface area contributed by atoms with Crippen molar-refractivity contribution in [1.82, 2.24) is 24.9 Å². The van der Waals surface area contributed by atoms with Crippen LogP contribution >= 0.6 is 0 Å². The van der Waals surface area contributed by atoms with Gasteiger partial charge in [-0.2, -0.15) is 5.26 Å². The summed E-state index contributed by atoms with van der Waals surface area (Å²) in [7, 11) is 0. The molecule has 7 nitrogen and oxygen atoms in total. The zero-order valence-corrected chi connectivity index (χ0v) is 12.7. The van der Waals surface area contributed by atoms with Crippen molar-refractivity contribution < 1.29 is 4.79 Å². The number of nitrogens with one attached hydrogen (secondary N) is 1. The molecule has 0 atom stereocenters. The van der Waals surface area contributed by atoms with Crippen LogP contribution in [0.2, 0.25) is 0 Å². The van der Waals surface area contributed by atoms with Crippen molar-refractivity contribution in [1.29, 1.82) is 5.26 Å². The topological polar surface area (TPSA) is 96.0 Å². The number of hydrogen-bond acceptors (Lipinski definition) is 5. The van der Waals surface area contributed by atoms with E-state index in [1.807, 2.05) is 26.0 Å². The van der Waals surface area contributed by atoms with E-state index >= 15 is 0 Å². The number of aromatic nitrogens is 4. The lowest BCUT2D eigenvalue weighted by atomic mass is 10.1. The van der Waals surface area contributed by atoms with E-state index in [9.17, 15) is 4.79 Å². The molecule has 0 bridgehead atoms. The molecule has 0 aliphatic heterocycles. The zero-order chi connectivity index (χ0) is 16.4. The fourth-order valence-corrected chi connectivity index (χ4v) is 2.40. The molecular weight excluding hydrogens is 292 g/mol. The molecule has 0 aliphatic rings. The first kappa shape index (κ1) is 14.7. The van der Waals surface area contributed by atoms with Gasteiger partial charge >= 0.3 is 0 Å². The summed E-state index contributed by atoms with van der Waals surface area (Å²) >= 11 is 0. The Kier molecular flexibility index (Phi) is 3.73. The highest BCUT2D eigenvalue weighted by atomic mass is 16.1. The van der Waals surface area contributed by atoms with Gasteiger partial charge in [0, 0.05) is 17.0 Å². The Morgan fingerprint density at radius 2 is 2.13 bits per heavy atom. The molecule has 0 radical (unpaired) electrons. The molecule has 0 unspecified atom stereocenters. The molecule has 23 heavy (non-hydrogen) atoms. The normalized spacial score (nSPS) is 10.5. The van der Waals surface area contributed by atoms with Crippen molar-refractivity contribution in [3.05, 3.63) is 58.7 Å². The van der Waals surface area contributed by atoms with Crippen LogP contribution in [0, 0.1) is 25.2 Å². The molecule has 0 saturated carbocycles. The molecule has 1 amide bonds. The van der Waals surface area contributed by atoms with Crippen molar-refractivity contribution in [2.45, 2.75) is 20.4 Å². The smallest absolute Gasteiger partial charge is 0.255 e. The van der Waals surface area contributed by atoms with Crippen LogP contribution in [-0.2, 0) is 6.54 Å². The van der Waals surface area contributed by atoms with Crippen LogP contribution in [0.5, 0.6) is 0 Å². The van der Waals surface area contributed by atoms with Crippen molar-refractivity contribution in [2.75, 3.05) is 0 Å². The Hall–Kier alpha value is -3.27. The second kappa shape index (κ2) is 5.85. The number of nitriles is 1. The number of carbonyl (C=O) groups is 1. The minimum atomic E-state index is -0.267. The highest BCUT2D eigenvalue weighted by molar-refractivity contribution is 5.94. The van der Waals surface area contributed by atoms with E-state index < -0.39 is 0 Å². The van der Waals surface area contributed by atoms with Crippen molar-refractivity contribution in [2.24, 2.45) is 0 Å². The minimum absolute atomic E-state index is 0.225. The number of amides is 1. The van der Waals surface area contributed by atoms with E-state index in [1.165, 1.54) is 0 Å². The van der Waals surface area contributed by atoms with Crippen LogP contribution in [0.3, 0.4) is 0 Å². The molecule has 3 aromatic rings. The Bertz CT molecular complexity index is 937. The lowest BCUT2D eigenvalue weighted by Crippen LogP contribution is -2.24. The standard InChI is InChI=1S/C16H14N6O/c1-10-6-11(2)22-14(20-21-16(22)19-10)9-18-15(23)13-5-3-4-12(7-13)8-17/h3-7H,9H2,1-2H3,(H,18,23). The van der Waals surface area contributed by atoms with Crippen LogP contribution in [-0.4, -0.2) is 25.5 Å². The van der Waals surface area contributed by atoms with Gasteiger partial charge in [0.15, 0.2) is 5.82 Å². The molecule has 2 heterocycles. The maximum Gasteiger partial charge on any atom is 0.255 e. The monoisotopic (exact) mass is 306 g/mol. The summed E-state index contributed by atoms with van der Waals surface area (Å²) in [6, 6.07) is 10.5. The van der Waals surface area contributed by atoms with E-state index in [0.717, 1.165) is 11.4 Å². The maximum absolute atomic E-state index is 12.2. The van der Waals surface area contributed by atoms with Gasteiger partial charge in [-0.1, -0.05) is 6.07 Å². The second-order valence-corrected chi connectivity index (χ2v) is 5.17. The summed E-state index contributed by atoms with van der Waals surface area (Å²) in [6.45, 7) is 4.06. The van der Waals surface area contributed by atoms with Gasteiger partial charge in [-0.25, -0.2) is 4.98 Å². The first-order valence-corrected chi connectivity index (χ1v) is 7.05. The fourth-order valence-electron chi connectivity index (χ4n) is 2.40. The first-order chi connectivity index (χ1) is 11.1. The van der Waals surface area contributed by atoms with Gasteiger partial charge in [-0.3, -0.25) is 9.20 Å². The van der Waals surface area contributed by atoms with E-state index in [0.29, 0.717) is 22.7 Å². The van der Waals surface area contributed by atoms with Crippen LogP contribution in [0.25, 0.3) is 5.78 Å². The van der Waals surface area contributed by atoms with E-state index in [2.05, 4.69) is 20.5 Å². The Balaban J connectivity index is 1.81. The summed E-state index contributed by atoms with van der Waals surface area (Å²) in [5.41, 5.74) is 2.70. The SMILES string of the molecule is Cc1cc(C)n2c(CNC(=O)c3cccc(C#N)c3)nnc2n1. The van der Waals surface area contributed by atoms with Gasteiger partial charge < -0.3 is 5.32 Å². The van der Waals surface area contributed by atoms with Crippen molar-refractivity contribution >= 4 is 11.7 Å². The number of carbonyl (C=O) groups excluding carboxylic acids is 1. The Morgan fingerprint density at radius 1 is 1.30 bits per heavy atom. The third kappa shape index (κ3) is 2.87. The Morgan fingerprint density at radius 3 is 2.91 bits per heavy atom. The van der Waals surface area contributed by atoms with E-state index in [4.69, 9.17) is 5.26 Å². The average Bonchev–Trinajstić information content (AvgIpc) is 2.95. The second-order valence-electron chi connectivity index (χ2n) is 5.17. The molecule has 3 rings (SSSR count). The fraction of sp³-hybridized carbons (Fsp3) is 0.188. The van der Waals surface area contributed by atoms with Gasteiger partial charge in [0.05, 0.1) is 18.2 Å². The number of hydrogen-bond donors (Lipinski definition) is 1. The van der Waals surface area contributed by atoms with Crippen molar-refractivity contribution in [3.63, 3.8) is 0 Å². The highest BCUT2D eigenvalue weighted by Gasteiger charge is 2.12. The molecule has 114 valence electrons. The van der Waals surface area contributed by atoms with E-state index in [-0.39, 0.29) is 12.5 Å². The first-order valence-electron chi connectivity index (χ1n) is 7.05. The third-order valence-electron chi connectivity index (χ3n) is 3.42. The summed E-state index contributed by atoms with van der Waals surface area (Å²) in [6.07, 6.45) is 0. The van der Waals surface area contributed by atoms with E-state index in [1.54, 1.807) is 28.7 Å². The van der Waals surface area contributed by atoms with Crippen molar-refractivity contribution in [3.8, 4) is 6.07 Å². The molecule has 0 saturated heterocycles. The number of rotatable bonds is 3. The quantitative estimate of drug-likeness (QED) is 0.792. The summed E-state index contributed by atoms with van der Waals surface area (Å²) in [4.78, 5) is 16.5. The van der Waals surface area contributed by atoms with Gasteiger partial charge in [-0.15, -0.1) is 10.2 Å². The lowest BCUT2D eigenvalue weighted by Gasteiger charge is -2.06. The molecule has 7 heteroatoms. The van der Waals surface area contributed by atoms with Crippen LogP contribution in [0.1, 0.15) is 33.1 Å². The number of nitrogens with zero attached hydrogens (tertiary/aromatic N) is 5. The molecule has 0 aliphatic carbocycles. The molecular formula is C16H14N6O. The Labute approximate surface area is 132 Å². The van der Waals surface area contributed by atoms with Gasteiger partial charge in [-0.05, 0) is 38.1 Å². The molecule has 0 fully saturated rings. The van der Waals surface area contributed by atoms with Gasteiger partial charge in [0.25, 0.3) is 11.7 Å². The largest absolute Gasteiger partial charge is 0.345 e. The van der Waals surface area contributed by atoms with Crippen LogP contribution < -0.4 is 5.32 Å². The molecule has 1 aromatic carbocycles. The highest BCUT2D eigenvalue weighted by Crippen LogP contribution is 2.09.